The van der Waals surface area contributed by atoms with Crippen molar-refractivity contribution in [2.75, 3.05) is 10.7 Å². The minimum absolute atomic E-state index is 0.265. The van der Waals surface area contributed by atoms with Crippen molar-refractivity contribution in [3.63, 3.8) is 0 Å². The van der Waals surface area contributed by atoms with Gasteiger partial charge in [0, 0.05) is 17.1 Å². The quantitative estimate of drug-likeness (QED) is 0.570. The van der Waals surface area contributed by atoms with Crippen LogP contribution in [0.1, 0.15) is 6.42 Å². The third-order valence-corrected chi connectivity index (χ3v) is 2.87. The van der Waals surface area contributed by atoms with Crippen molar-refractivity contribution in [2.45, 2.75) is 6.42 Å². The Balaban J connectivity index is 3.43. The molecule has 0 spiro atoms. The molecule has 0 aromatic carbocycles. The van der Waals surface area contributed by atoms with Crippen LogP contribution in [0.3, 0.4) is 0 Å². The molecule has 0 saturated heterocycles. The van der Waals surface area contributed by atoms with E-state index in [1.165, 1.54) is 0 Å². The molecular formula is C5H7Br2ClO. The minimum Gasteiger partial charge on any atom is -0.281 e. The fourth-order valence-electron chi connectivity index (χ4n) is 0.377. The van der Waals surface area contributed by atoms with Gasteiger partial charge in [-0.1, -0.05) is 31.9 Å². The number of rotatable bonds is 4. The SMILES string of the molecule is O=C(Cl)CC(CBr)CBr. The Morgan fingerprint density at radius 3 is 2.00 bits per heavy atom. The Morgan fingerprint density at radius 1 is 1.44 bits per heavy atom. The zero-order valence-corrected chi connectivity index (χ0v) is 8.67. The van der Waals surface area contributed by atoms with E-state index in [-0.39, 0.29) is 5.24 Å². The van der Waals surface area contributed by atoms with Gasteiger partial charge >= 0.3 is 0 Å². The standard InChI is InChI=1S/C5H7Br2ClO/c6-2-4(3-7)1-5(8)9/h4H,1-3H2. The number of carbonyl (C=O) groups is 1. The van der Waals surface area contributed by atoms with E-state index in [4.69, 9.17) is 11.6 Å². The van der Waals surface area contributed by atoms with E-state index in [9.17, 15) is 4.79 Å². The van der Waals surface area contributed by atoms with Crippen LogP contribution in [0.25, 0.3) is 0 Å². The van der Waals surface area contributed by atoms with Gasteiger partial charge in [-0.3, -0.25) is 4.79 Å². The summed E-state index contributed by atoms with van der Waals surface area (Å²) >= 11 is 11.7. The molecule has 0 amide bonds. The molecule has 0 rings (SSSR count). The summed E-state index contributed by atoms with van der Waals surface area (Å²) in [4.78, 5) is 10.3. The third kappa shape index (κ3) is 5.37. The van der Waals surface area contributed by atoms with E-state index in [0.717, 1.165) is 10.7 Å². The Bertz CT molecular complexity index is 93.0. The van der Waals surface area contributed by atoms with Crippen LogP contribution in [0.15, 0.2) is 0 Å². The van der Waals surface area contributed by atoms with Crippen molar-refractivity contribution in [1.29, 1.82) is 0 Å². The van der Waals surface area contributed by atoms with Crippen molar-refractivity contribution in [2.24, 2.45) is 5.92 Å². The van der Waals surface area contributed by atoms with Crippen molar-refractivity contribution in [3.05, 3.63) is 0 Å². The molecule has 0 fully saturated rings. The fraction of sp³-hybridized carbons (Fsp3) is 0.800. The lowest BCUT2D eigenvalue weighted by atomic mass is 10.2. The van der Waals surface area contributed by atoms with Crippen LogP contribution in [-0.4, -0.2) is 15.9 Å². The average Bonchev–Trinajstić information content (AvgIpc) is 1.82. The minimum atomic E-state index is -0.265. The lowest BCUT2D eigenvalue weighted by Gasteiger charge is -2.04. The predicted molar refractivity (Wildman–Crippen MR) is 46.6 cm³/mol. The van der Waals surface area contributed by atoms with Gasteiger partial charge in [0.05, 0.1) is 0 Å². The van der Waals surface area contributed by atoms with Gasteiger partial charge in [0.1, 0.15) is 0 Å². The molecule has 0 N–H and O–H groups in total. The number of halogens is 3. The molecule has 54 valence electrons. The average molecular weight is 278 g/mol. The van der Waals surface area contributed by atoms with Crippen molar-refractivity contribution in [3.8, 4) is 0 Å². The second-order valence-electron chi connectivity index (χ2n) is 1.73. The summed E-state index contributed by atoms with van der Waals surface area (Å²) in [6, 6.07) is 0. The lowest BCUT2D eigenvalue weighted by Crippen LogP contribution is -2.06. The molecule has 0 unspecified atom stereocenters. The Morgan fingerprint density at radius 2 is 1.89 bits per heavy atom. The molecule has 0 atom stereocenters. The van der Waals surface area contributed by atoms with E-state index in [1.54, 1.807) is 0 Å². The normalized spacial score (nSPS) is 10.2. The van der Waals surface area contributed by atoms with Crippen molar-refractivity contribution >= 4 is 48.7 Å². The van der Waals surface area contributed by atoms with Crippen LogP contribution < -0.4 is 0 Å². The molecule has 9 heavy (non-hydrogen) atoms. The first-order valence-corrected chi connectivity index (χ1v) is 5.13. The molecule has 0 radical (unpaired) electrons. The van der Waals surface area contributed by atoms with Gasteiger partial charge in [0.2, 0.25) is 5.24 Å². The zero-order chi connectivity index (χ0) is 7.28. The van der Waals surface area contributed by atoms with E-state index < -0.39 is 0 Å². The van der Waals surface area contributed by atoms with Gasteiger partial charge in [0.25, 0.3) is 0 Å². The topological polar surface area (TPSA) is 17.1 Å². The molecule has 0 heterocycles. The van der Waals surface area contributed by atoms with E-state index in [1.807, 2.05) is 0 Å². The van der Waals surface area contributed by atoms with Gasteiger partial charge in [0.15, 0.2) is 0 Å². The zero-order valence-electron chi connectivity index (χ0n) is 4.74. The van der Waals surface area contributed by atoms with Crippen molar-refractivity contribution in [1.82, 2.24) is 0 Å². The van der Waals surface area contributed by atoms with Crippen LogP contribution in [0.2, 0.25) is 0 Å². The highest BCUT2D eigenvalue weighted by Gasteiger charge is 2.08. The summed E-state index contributed by atoms with van der Waals surface area (Å²) in [6.07, 6.45) is 0.443. The molecule has 1 nitrogen and oxygen atoms in total. The highest BCUT2D eigenvalue weighted by atomic mass is 79.9. The number of hydrogen-bond acceptors (Lipinski definition) is 1. The maximum Gasteiger partial charge on any atom is 0.221 e. The molecule has 0 aliphatic rings. The van der Waals surface area contributed by atoms with E-state index >= 15 is 0 Å². The Hall–Kier alpha value is 0.920. The fourth-order valence-corrected chi connectivity index (χ4v) is 2.13. The summed E-state index contributed by atoms with van der Waals surface area (Å²) < 4.78 is 0. The number of alkyl halides is 2. The maximum atomic E-state index is 10.3. The molecule has 0 aromatic heterocycles. The third-order valence-electron chi connectivity index (χ3n) is 0.886. The second kappa shape index (κ2) is 5.69. The maximum absolute atomic E-state index is 10.3. The lowest BCUT2D eigenvalue weighted by molar-refractivity contribution is -0.112. The van der Waals surface area contributed by atoms with Crippen LogP contribution >= 0.6 is 43.5 Å². The van der Waals surface area contributed by atoms with Gasteiger partial charge in [-0.2, -0.15) is 0 Å². The molecule has 0 bridgehead atoms. The predicted octanol–water partition coefficient (Wildman–Crippen LogP) is 2.55. The smallest absolute Gasteiger partial charge is 0.221 e. The summed E-state index contributed by atoms with van der Waals surface area (Å²) in [5.41, 5.74) is 0. The molecular weight excluding hydrogens is 271 g/mol. The highest BCUT2D eigenvalue weighted by molar-refractivity contribution is 9.09. The molecule has 0 aliphatic heterocycles. The summed E-state index contributed by atoms with van der Waals surface area (Å²) in [6.45, 7) is 0. The first kappa shape index (κ1) is 9.92. The molecule has 0 aliphatic carbocycles. The van der Waals surface area contributed by atoms with Crippen LogP contribution in [0.4, 0.5) is 0 Å². The molecule has 4 heteroatoms. The monoisotopic (exact) mass is 276 g/mol. The van der Waals surface area contributed by atoms with E-state index in [2.05, 4.69) is 31.9 Å². The summed E-state index contributed by atoms with van der Waals surface area (Å²) in [5, 5.41) is 1.37. The van der Waals surface area contributed by atoms with Gasteiger partial charge < -0.3 is 0 Å². The van der Waals surface area contributed by atoms with Crippen LogP contribution in [0, 0.1) is 5.92 Å². The Labute approximate surface area is 76.4 Å². The van der Waals surface area contributed by atoms with E-state index in [0.29, 0.717) is 12.3 Å². The van der Waals surface area contributed by atoms with Crippen molar-refractivity contribution < 1.29 is 4.79 Å². The number of hydrogen-bond donors (Lipinski definition) is 0. The first-order valence-electron chi connectivity index (χ1n) is 2.51. The summed E-state index contributed by atoms with van der Waals surface area (Å²) in [5.74, 6) is 0.329. The second-order valence-corrected chi connectivity index (χ2v) is 3.45. The first-order chi connectivity index (χ1) is 4.20. The number of carbonyl (C=O) groups excluding carboxylic acids is 1. The van der Waals surface area contributed by atoms with Gasteiger partial charge in [-0.25, -0.2) is 0 Å². The van der Waals surface area contributed by atoms with Crippen LogP contribution in [0.5, 0.6) is 0 Å². The summed E-state index contributed by atoms with van der Waals surface area (Å²) in [7, 11) is 0. The molecule has 0 saturated carbocycles. The Kier molecular flexibility index (Phi) is 6.27. The van der Waals surface area contributed by atoms with Gasteiger partial charge in [-0.05, 0) is 17.5 Å². The highest BCUT2D eigenvalue weighted by Crippen LogP contribution is 2.11. The largest absolute Gasteiger partial charge is 0.281 e. The van der Waals surface area contributed by atoms with Crippen LogP contribution in [-0.2, 0) is 4.79 Å². The molecule has 0 aromatic rings. The van der Waals surface area contributed by atoms with Gasteiger partial charge in [-0.15, -0.1) is 0 Å².